The maximum atomic E-state index is 10.8. The zero-order valence-corrected chi connectivity index (χ0v) is 12.8. The minimum atomic E-state index is -0.971. The molecule has 0 saturated carbocycles. The molecule has 0 spiro atoms. The van der Waals surface area contributed by atoms with Crippen molar-refractivity contribution in [3.63, 3.8) is 0 Å². The molecular weight excluding hydrogens is 378 g/mol. The highest BCUT2D eigenvalue weighted by atomic mass is 79.9. The lowest BCUT2D eigenvalue weighted by Crippen LogP contribution is -2.00. The third-order valence-electron chi connectivity index (χ3n) is 2.34. The van der Waals surface area contributed by atoms with E-state index < -0.39 is 5.97 Å². The second-order valence-electron chi connectivity index (χ2n) is 3.71. The number of rotatable bonds is 4. The van der Waals surface area contributed by atoms with E-state index in [1.807, 2.05) is 12.1 Å². The molecule has 0 saturated heterocycles. The van der Waals surface area contributed by atoms with Crippen LogP contribution in [0.2, 0.25) is 0 Å². The van der Waals surface area contributed by atoms with E-state index in [2.05, 4.69) is 36.8 Å². The van der Waals surface area contributed by atoms with E-state index in [0.29, 0.717) is 16.8 Å². The first-order chi connectivity index (χ1) is 9.06. The van der Waals surface area contributed by atoms with Gasteiger partial charge in [0.15, 0.2) is 0 Å². The molecule has 19 heavy (non-hydrogen) atoms. The highest BCUT2D eigenvalue weighted by Gasteiger charge is 2.08. The van der Waals surface area contributed by atoms with Gasteiger partial charge in [0, 0.05) is 10.7 Å². The van der Waals surface area contributed by atoms with Crippen LogP contribution in [-0.4, -0.2) is 16.1 Å². The molecule has 0 bridgehead atoms. The van der Waals surface area contributed by atoms with Gasteiger partial charge in [0.2, 0.25) is 0 Å². The Morgan fingerprint density at radius 2 is 2.05 bits per heavy atom. The van der Waals surface area contributed by atoms with Crippen LogP contribution in [0.4, 0.5) is 0 Å². The van der Waals surface area contributed by atoms with Gasteiger partial charge in [-0.2, -0.15) is 0 Å². The number of halogens is 2. The average Bonchev–Trinajstić information content (AvgIpc) is 2.39. The maximum Gasteiger partial charge on any atom is 0.335 e. The number of nitrogens with zero attached hydrogens (tertiary/aromatic N) is 1. The number of aromatic nitrogens is 1. The summed E-state index contributed by atoms with van der Waals surface area (Å²) < 4.78 is 7.09. The summed E-state index contributed by atoms with van der Waals surface area (Å²) in [6, 6.07) is 8.36. The van der Waals surface area contributed by atoms with Crippen LogP contribution in [0.5, 0.6) is 5.75 Å². The van der Waals surface area contributed by atoms with E-state index in [9.17, 15) is 4.79 Å². The van der Waals surface area contributed by atoms with E-state index in [1.165, 1.54) is 12.1 Å². The van der Waals surface area contributed by atoms with Gasteiger partial charge < -0.3 is 9.84 Å². The standard InChI is InChI=1S/C13H9Br2NO3/c14-9-2-3-10(16-6-9)7-19-12-4-1-8(13(17)18)5-11(12)15/h1-6H,7H2,(H,17,18). The molecule has 1 aromatic carbocycles. The predicted octanol–water partition coefficient (Wildman–Crippen LogP) is 3.88. The second kappa shape index (κ2) is 6.16. The van der Waals surface area contributed by atoms with Gasteiger partial charge >= 0.3 is 5.97 Å². The summed E-state index contributed by atoms with van der Waals surface area (Å²) in [5.41, 5.74) is 0.999. The van der Waals surface area contributed by atoms with Gasteiger partial charge in [-0.3, -0.25) is 4.98 Å². The van der Waals surface area contributed by atoms with E-state index in [4.69, 9.17) is 9.84 Å². The zero-order chi connectivity index (χ0) is 13.8. The van der Waals surface area contributed by atoms with Crippen molar-refractivity contribution >= 4 is 37.8 Å². The van der Waals surface area contributed by atoms with Crippen LogP contribution >= 0.6 is 31.9 Å². The third kappa shape index (κ3) is 3.78. The summed E-state index contributed by atoms with van der Waals surface area (Å²) in [6.07, 6.45) is 1.70. The number of pyridine rings is 1. The molecule has 98 valence electrons. The fourth-order valence-corrected chi connectivity index (χ4v) is 2.12. The van der Waals surface area contributed by atoms with Crippen LogP contribution in [0.1, 0.15) is 16.1 Å². The summed E-state index contributed by atoms with van der Waals surface area (Å²) in [7, 11) is 0. The minimum absolute atomic E-state index is 0.209. The highest BCUT2D eigenvalue weighted by molar-refractivity contribution is 9.10. The van der Waals surface area contributed by atoms with Crippen LogP contribution < -0.4 is 4.74 Å². The molecule has 2 rings (SSSR count). The fourth-order valence-electron chi connectivity index (χ4n) is 1.39. The molecule has 0 unspecified atom stereocenters. The van der Waals surface area contributed by atoms with Crippen LogP contribution in [0.3, 0.4) is 0 Å². The molecule has 6 heteroatoms. The van der Waals surface area contributed by atoms with E-state index in [1.54, 1.807) is 12.3 Å². The first-order valence-corrected chi connectivity index (χ1v) is 6.91. The van der Waals surface area contributed by atoms with E-state index in [0.717, 1.165) is 10.2 Å². The Morgan fingerprint density at radius 3 is 2.63 bits per heavy atom. The summed E-state index contributed by atoms with van der Waals surface area (Å²) in [5.74, 6) is -0.392. The van der Waals surface area contributed by atoms with Gasteiger partial charge in [0.25, 0.3) is 0 Å². The van der Waals surface area contributed by atoms with Gasteiger partial charge in [-0.05, 0) is 62.2 Å². The van der Waals surface area contributed by atoms with Crippen LogP contribution in [0.15, 0.2) is 45.5 Å². The van der Waals surface area contributed by atoms with Crippen molar-refractivity contribution in [2.24, 2.45) is 0 Å². The first-order valence-electron chi connectivity index (χ1n) is 5.32. The molecule has 0 aliphatic heterocycles. The van der Waals surface area contributed by atoms with Crippen molar-refractivity contribution in [3.05, 3.63) is 56.7 Å². The molecule has 0 radical (unpaired) electrons. The minimum Gasteiger partial charge on any atom is -0.486 e. The molecular formula is C13H9Br2NO3. The SMILES string of the molecule is O=C(O)c1ccc(OCc2ccc(Br)cn2)c(Br)c1. The van der Waals surface area contributed by atoms with Gasteiger partial charge in [-0.25, -0.2) is 4.79 Å². The van der Waals surface area contributed by atoms with E-state index in [-0.39, 0.29) is 5.56 Å². The molecule has 0 fully saturated rings. The Bertz CT molecular complexity index is 599. The van der Waals surface area contributed by atoms with Gasteiger partial charge in [-0.15, -0.1) is 0 Å². The summed E-state index contributed by atoms with van der Waals surface area (Å²) in [5, 5.41) is 8.86. The van der Waals surface area contributed by atoms with Crippen molar-refractivity contribution in [1.82, 2.24) is 4.98 Å². The number of hydrogen-bond donors (Lipinski definition) is 1. The quantitative estimate of drug-likeness (QED) is 0.865. The molecule has 1 N–H and O–H groups in total. The Hall–Kier alpha value is -1.40. The van der Waals surface area contributed by atoms with Crippen molar-refractivity contribution in [3.8, 4) is 5.75 Å². The van der Waals surface area contributed by atoms with Gasteiger partial charge in [0.05, 0.1) is 15.7 Å². The normalized spacial score (nSPS) is 10.2. The number of aromatic carboxylic acids is 1. The Morgan fingerprint density at radius 1 is 1.26 bits per heavy atom. The number of carboxylic acids is 1. The third-order valence-corrected chi connectivity index (χ3v) is 3.43. The Labute approximate surface area is 126 Å². The van der Waals surface area contributed by atoms with E-state index >= 15 is 0 Å². The van der Waals surface area contributed by atoms with Crippen molar-refractivity contribution < 1.29 is 14.6 Å². The maximum absolute atomic E-state index is 10.8. The lowest BCUT2D eigenvalue weighted by molar-refractivity contribution is 0.0696. The largest absolute Gasteiger partial charge is 0.486 e. The number of benzene rings is 1. The molecule has 0 aliphatic carbocycles. The molecule has 1 aromatic heterocycles. The van der Waals surface area contributed by atoms with Crippen LogP contribution in [0.25, 0.3) is 0 Å². The summed E-state index contributed by atoms with van der Waals surface area (Å²) in [6.45, 7) is 0.318. The molecule has 1 heterocycles. The number of ether oxygens (including phenoxy) is 1. The van der Waals surface area contributed by atoms with Gasteiger partial charge in [-0.1, -0.05) is 0 Å². The zero-order valence-electron chi connectivity index (χ0n) is 9.64. The average molecular weight is 387 g/mol. The first kappa shape index (κ1) is 14.0. The van der Waals surface area contributed by atoms with Crippen molar-refractivity contribution in [2.45, 2.75) is 6.61 Å². The second-order valence-corrected chi connectivity index (χ2v) is 5.48. The Kier molecular flexibility index (Phi) is 4.55. The number of carbonyl (C=O) groups is 1. The van der Waals surface area contributed by atoms with Crippen molar-refractivity contribution in [2.75, 3.05) is 0 Å². The number of carboxylic acid groups (broad SMARTS) is 1. The molecule has 2 aromatic rings. The topological polar surface area (TPSA) is 59.4 Å². The van der Waals surface area contributed by atoms with Gasteiger partial charge in [0.1, 0.15) is 12.4 Å². The molecule has 4 nitrogen and oxygen atoms in total. The predicted molar refractivity (Wildman–Crippen MR) is 77.4 cm³/mol. The molecule has 0 aliphatic rings. The van der Waals surface area contributed by atoms with Crippen LogP contribution in [0, 0.1) is 0 Å². The van der Waals surface area contributed by atoms with Crippen LogP contribution in [-0.2, 0) is 6.61 Å². The lowest BCUT2D eigenvalue weighted by Gasteiger charge is -2.08. The summed E-state index contributed by atoms with van der Waals surface area (Å²) >= 11 is 6.59. The monoisotopic (exact) mass is 385 g/mol. The lowest BCUT2D eigenvalue weighted by atomic mass is 10.2. The molecule has 0 atom stereocenters. The fraction of sp³-hybridized carbons (Fsp3) is 0.0769. The molecule has 0 amide bonds. The Balaban J connectivity index is 2.07. The highest BCUT2D eigenvalue weighted by Crippen LogP contribution is 2.26. The number of hydrogen-bond acceptors (Lipinski definition) is 3. The summed E-state index contributed by atoms with van der Waals surface area (Å²) in [4.78, 5) is 15.0. The smallest absolute Gasteiger partial charge is 0.335 e. The van der Waals surface area contributed by atoms with Crippen molar-refractivity contribution in [1.29, 1.82) is 0 Å².